The molecule has 1 aliphatic carbocycles. The van der Waals surface area contributed by atoms with Crippen LogP contribution in [0.5, 0.6) is 0 Å². The van der Waals surface area contributed by atoms with Crippen LogP contribution in [0.3, 0.4) is 0 Å². The fourth-order valence-electron chi connectivity index (χ4n) is 4.39. The second-order valence-corrected chi connectivity index (χ2v) is 8.28. The van der Waals surface area contributed by atoms with E-state index in [-0.39, 0.29) is 18.0 Å². The number of imidazole rings is 1. The largest absolute Gasteiger partial charge is 0.393 e. The summed E-state index contributed by atoms with van der Waals surface area (Å²) in [4.78, 5) is 25.2. The second kappa shape index (κ2) is 8.08. The Kier molecular flexibility index (Phi) is 5.10. The molecule has 1 aliphatic rings. The van der Waals surface area contributed by atoms with Crippen LogP contribution in [0.25, 0.3) is 22.3 Å². The van der Waals surface area contributed by atoms with Crippen molar-refractivity contribution in [2.75, 3.05) is 5.73 Å². The average molecular weight is 432 g/mol. The van der Waals surface area contributed by atoms with Gasteiger partial charge in [0, 0.05) is 30.4 Å². The summed E-state index contributed by atoms with van der Waals surface area (Å²) in [5.74, 6) is -0.156. The Morgan fingerprint density at radius 2 is 2.00 bits per heavy atom. The molecular weight excluding hydrogens is 406 g/mol. The van der Waals surface area contributed by atoms with E-state index in [0.717, 1.165) is 42.3 Å². The first-order chi connectivity index (χ1) is 15.5. The summed E-state index contributed by atoms with van der Waals surface area (Å²) in [7, 11) is 1.82. The van der Waals surface area contributed by atoms with Crippen LogP contribution in [0.2, 0.25) is 0 Å². The molecule has 0 radical (unpaired) electrons. The molecule has 3 heterocycles. The molecule has 1 amide bonds. The summed E-state index contributed by atoms with van der Waals surface area (Å²) in [5, 5.41) is 14.1. The molecule has 0 aliphatic heterocycles. The van der Waals surface area contributed by atoms with Crippen LogP contribution in [0, 0.1) is 0 Å². The molecule has 5 rings (SSSR count). The van der Waals surface area contributed by atoms with Crippen LogP contribution in [0.15, 0.2) is 53.8 Å². The first kappa shape index (κ1) is 20.2. The van der Waals surface area contributed by atoms with Gasteiger partial charge >= 0.3 is 0 Å². The van der Waals surface area contributed by atoms with Crippen molar-refractivity contribution in [2.45, 2.75) is 37.8 Å². The van der Waals surface area contributed by atoms with Gasteiger partial charge < -0.3 is 20.4 Å². The monoisotopic (exact) mass is 431 g/mol. The van der Waals surface area contributed by atoms with Crippen LogP contribution in [-0.4, -0.2) is 41.4 Å². The Balaban J connectivity index is 1.58. The summed E-state index contributed by atoms with van der Waals surface area (Å²) < 4.78 is 3.76. The first-order valence-corrected chi connectivity index (χ1v) is 10.7. The number of carbonyl (C=O) groups excluding carboxylic acids is 1. The van der Waals surface area contributed by atoms with Gasteiger partial charge in [-0.2, -0.15) is 10.1 Å². The highest BCUT2D eigenvalue weighted by Crippen LogP contribution is 2.29. The number of fused-ring (bicyclic) bond motifs is 1. The van der Waals surface area contributed by atoms with Gasteiger partial charge in [-0.15, -0.1) is 0 Å². The number of amides is 1. The van der Waals surface area contributed by atoms with Crippen molar-refractivity contribution in [2.24, 2.45) is 12.0 Å². The van der Waals surface area contributed by atoms with E-state index in [2.05, 4.69) is 24.6 Å². The molecule has 1 aromatic carbocycles. The smallest absolute Gasteiger partial charge is 0.280 e. The van der Waals surface area contributed by atoms with Gasteiger partial charge in [-0.25, -0.2) is 4.98 Å². The van der Waals surface area contributed by atoms with Gasteiger partial charge in [0.1, 0.15) is 5.82 Å². The van der Waals surface area contributed by atoms with E-state index in [1.165, 1.54) is 6.07 Å². The van der Waals surface area contributed by atoms with Crippen LogP contribution in [-0.2, 0) is 7.05 Å². The minimum absolute atomic E-state index is 0.162. The highest BCUT2D eigenvalue weighted by atomic mass is 16.3. The number of nitrogens with zero attached hydrogens (tertiary/aromatic N) is 5. The number of aliphatic hydroxyl groups is 1. The zero-order valence-corrected chi connectivity index (χ0v) is 17.8. The average Bonchev–Trinajstić information content (AvgIpc) is 3.37. The number of carbonyl (C=O) groups is 1. The minimum atomic E-state index is -0.402. The molecule has 0 bridgehead atoms. The third kappa shape index (κ3) is 3.82. The Hall–Kier alpha value is -3.72. The van der Waals surface area contributed by atoms with E-state index in [9.17, 15) is 9.90 Å². The van der Waals surface area contributed by atoms with Crippen molar-refractivity contribution < 1.29 is 9.90 Å². The quantitative estimate of drug-likeness (QED) is 0.459. The lowest BCUT2D eigenvalue weighted by atomic mass is 9.93. The van der Waals surface area contributed by atoms with E-state index in [1.807, 2.05) is 37.5 Å². The molecule has 1 fully saturated rings. The zero-order valence-electron chi connectivity index (χ0n) is 17.8. The van der Waals surface area contributed by atoms with Crippen molar-refractivity contribution in [3.05, 3.63) is 60.0 Å². The predicted octanol–water partition coefficient (Wildman–Crippen LogP) is 2.56. The van der Waals surface area contributed by atoms with Crippen LogP contribution in [0.4, 0.5) is 5.82 Å². The molecule has 3 aromatic heterocycles. The van der Waals surface area contributed by atoms with Crippen LogP contribution in [0.1, 0.15) is 42.1 Å². The summed E-state index contributed by atoms with van der Waals surface area (Å²) in [6.45, 7) is 0. The minimum Gasteiger partial charge on any atom is -0.393 e. The van der Waals surface area contributed by atoms with Crippen molar-refractivity contribution in [3.8, 4) is 11.3 Å². The standard InChI is InChI=1S/C23H25N7O2/c1-29-13-15(12-25-29)19-10-14(11-21(24)26-19)22(32)28-23-27-18-4-2-3-5-20(18)30(23)16-6-8-17(31)9-7-16/h2-5,10-13,16-17,31H,6-9H2,1H3,(H2,24,26)(H,27,28,32)/t16-,17+. The molecular formula is C23H25N7O2. The summed E-state index contributed by atoms with van der Waals surface area (Å²) in [5.41, 5.74) is 10.1. The third-order valence-corrected chi connectivity index (χ3v) is 5.97. The van der Waals surface area contributed by atoms with E-state index < -0.39 is 5.91 Å². The van der Waals surface area contributed by atoms with Gasteiger partial charge in [-0.1, -0.05) is 12.1 Å². The summed E-state index contributed by atoms with van der Waals surface area (Å²) in [6, 6.07) is 11.3. The number of benzene rings is 1. The first-order valence-electron chi connectivity index (χ1n) is 10.7. The summed E-state index contributed by atoms with van der Waals surface area (Å²) >= 11 is 0. The van der Waals surface area contributed by atoms with Crippen molar-refractivity contribution in [1.29, 1.82) is 0 Å². The van der Waals surface area contributed by atoms with Crippen molar-refractivity contribution in [3.63, 3.8) is 0 Å². The lowest BCUT2D eigenvalue weighted by molar-refractivity contribution is 0.0990. The lowest BCUT2D eigenvalue weighted by Crippen LogP contribution is -2.29. The third-order valence-electron chi connectivity index (χ3n) is 5.97. The molecule has 32 heavy (non-hydrogen) atoms. The highest BCUT2D eigenvalue weighted by molar-refractivity contribution is 5.96. The van der Waals surface area contributed by atoms with E-state index in [1.54, 1.807) is 16.9 Å². The number of nitrogens with two attached hydrogens (primary N) is 1. The van der Waals surface area contributed by atoms with Crippen LogP contribution >= 0.6 is 0 Å². The van der Waals surface area contributed by atoms with Gasteiger partial charge in [0.05, 0.1) is 29.0 Å². The molecule has 4 N–H and O–H groups in total. The normalized spacial score (nSPS) is 19.5. The molecule has 4 aromatic rings. The Labute approximate surface area is 184 Å². The number of aliphatic hydroxyl groups excluding tert-OH is 1. The van der Waals surface area contributed by atoms with Gasteiger partial charge in [-0.05, 0) is 49.9 Å². The Morgan fingerprint density at radius 3 is 2.75 bits per heavy atom. The van der Waals surface area contributed by atoms with Crippen LogP contribution < -0.4 is 11.4 Å². The number of aromatic amines is 1. The lowest BCUT2D eigenvalue weighted by Gasteiger charge is -2.27. The highest BCUT2D eigenvalue weighted by Gasteiger charge is 2.23. The summed E-state index contributed by atoms with van der Waals surface area (Å²) in [6.07, 6.45) is 6.37. The Bertz CT molecular complexity index is 1360. The number of pyridine rings is 1. The maximum atomic E-state index is 13.2. The molecule has 9 heteroatoms. The number of para-hydroxylation sites is 2. The fraction of sp³-hybridized carbons (Fsp3) is 0.304. The predicted molar refractivity (Wildman–Crippen MR) is 121 cm³/mol. The van der Waals surface area contributed by atoms with Crippen molar-refractivity contribution in [1.82, 2.24) is 24.3 Å². The number of rotatable bonds is 3. The number of anilines is 1. The molecule has 9 nitrogen and oxygen atoms in total. The molecule has 164 valence electrons. The number of nitrogens with one attached hydrogen (secondary N) is 1. The Morgan fingerprint density at radius 1 is 1.22 bits per heavy atom. The number of H-pyrrole nitrogens is 1. The number of aryl methyl sites for hydroxylation is 1. The SMILES string of the molecule is Cn1cc(-c2cc(C(=O)/N=c3\[nH]c4ccccc4n3[C@H]3CC[C@@H](O)CC3)cc(N)n2)cn1. The maximum Gasteiger partial charge on any atom is 0.280 e. The van der Waals surface area contributed by atoms with Gasteiger partial charge in [0.15, 0.2) is 0 Å². The second-order valence-electron chi connectivity index (χ2n) is 8.28. The number of hydrogen-bond acceptors (Lipinski definition) is 5. The molecule has 0 atom stereocenters. The fourth-order valence-corrected chi connectivity index (χ4v) is 4.39. The molecule has 0 unspecified atom stereocenters. The number of hydrogen-bond donors (Lipinski definition) is 3. The molecule has 1 saturated carbocycles. The molecule has 0 spiro atoms. The van der Waals surface area contributed by atoms with Gasteiger partial charge in [0.2, 0.25) is 5.62 Å². The van der Waals surface area contributed by atoms with E-state index in [0.29, 0.717) is 16.9 Å². The van der Waals surface area contributed by atoms with Crippen molar-refractivity contribution >= 4 is 22.8 Å². The van der Waals surface area contributed by atoms with Gasteiger partial charge in [0.25, 0.3) is 5.91 Å². The topological polar surface area (TPSA) is 127 Å². The molecule has 0 saturated heterocycles. The number of nitrogen functional groups attached to an aromatic ring is 1. The number of aromatic nitrogens is 5. The zero-order chi connectivity index (χ0) is 22.2. The van der Waals surface area contributed by atoms with E-state index >= 15 is 0 Å². The van der Waals surface area contributed by atoms with E-state index in [4.69, 9.17) is 5.73 Å². The van der Waals surface area contributed by atoms with Gasteiger partial charge in [-0.3, -0.25) is 9.48 Å². The maximum absolute atomic E-state index is 13.2.